The first-order valence-corrected chi connectivity index (χ1v) is 9.49. The van der Waals surface area contributed by atoms with Crippen LogP contribution in [0.25, 0.3) is 11.3 Å². The lowest BCUT2D eigenvalue weighted by Gasteiger charge is -2.11. The standard InChI is InChI=1S/C19H19N3O3S/c1-13-4-5-14(2)18(12-13)26(24,25)21-16-8-6-15(7-9-16)17-10-11-19(23)22(3)20-17/h4-12,21H,1-3H3. The van der Waals surface area contributed by atoms with Crippen molar-refractivity contribution in [3.63, 3.8) is 0 Å². The van der Waals surface area contributed by atoms with Crippen LogP contribution in [0.4, 0.5) is 5.69 Å². The van der Waals surface area contributed by atoms with Gasteiger partial charge in [-0.2, -0.15) is 5.10 Å². The number of benzene rings is 2. The van der Waals surface area contributed by atoms with E-state index >= 15 is 0 Å². The molecule has 0 aliphatic heterocycles. The van der Waals surface area contributed by atoms with E-state index in [1.54, 1.807) is 56.4 Å². The third kappa shape index (κ3) is 3.67. The zero-order chi connectivity index (χ0) is 18.9. The van der Waals surface area contributed by atoms with E-state index in [-0.39, 0.29) is 10.5 Å². The highest BCUT2D eigenvalue weighted by Crippen LogP contribution is 2.23. The van der Waals surface area contributed by atoms with Crippen molar-refractivity contribution < 1.29 is 8.42 Å². The minimum atomic E-state index is -3.67. The molecule has 3 rings (SSSR count). The Morgan fingerprint density at radius 3 is 2.31 bits per heavy atom. The smallest absolute Gasteiger partial charge is 0.266 e. The van der Waals surface area contributed by atoms with Crippen molar-refractivity contribution in [2.24, 2.45) is 7.05 Å². The van der Waals surface area contributed by atoms with Crippen LogP contribution < -0.4 is 10.3 Å². The average Bonchev–Trinajstić information content (AvgIpc) is 2.60. The Morgan fingerprint density at radius 2 is 1.65 bits per heavy atom. The minimum Gasteiger partial charge on any atom is -0.280 e. The highest BCUT2D eigenvalue weighted by Gasteiger charge is 2.17. The Labute approximate surface area is 152 Å². The highest BCUT2D eigenvalue weighted by molar-refractivity contribution is 7.92. The molecule has 0 bridgehead atoms. The second-order valence-corrected chi connectivity index (χ2v) is 7.78. The molecule has 0 fully saturated rings. The van der Waals surface area contributed by atoms with Crippen LogP contribution in [0.5, 0.6) is 0 Å². The molecule has 1 aromatic heterocycles. The maximum absolute atomic E-state index is 12.7. The predicted octanol–water partition coefficient (Wildman–Crippen LogP) is 2.86. The Morgan fingerprint density at radius 1 is 0.962 bits per heavy atom. The zero-order valence-electron chi connectivity index (χ0n) is 14.7. The molecule has 1 N–H and O–H groups in total. The monoisotopic (exact) mass is 369 g/mol. The third-order valence-corrected chi connectivity index (χ3v) is 5.55. The van der Waals surface area contributed by atoms with Crippen molar-refractivity contribution in [1.29, 1.82) is 0 Å². The average molecular weight is 369 g/mol. The normalized spacial score (nSPS) is 11.3. The second-order valence-electron chi connectivity index (χ2n) is 6.13. The van der Waals surface area contributed by atoms with E-state index in [2.05, 4.69) is 9.82 Å². The van der Waals surface area contributed by atoms with Gasteiger partial charge in [0.25, 0.3) is 15.6 Å². The number of anilines is 1. The Kier molecular flexibility index (Phi) is 4.65. The summed E-state index contributed by atoms with van der Waals surface area (Å²) in [5.74, 6) is 0. The maximum Gasteiger partial charge on any atom is 0.266 e. The molecule has 0 saturated heterocycles. The molecule has 3 aromatic rings. The van der Waals surface area contributed by atoms with Gasteiger partial charge in [-0.25, -0.2) is 13.1 Å². The topological polar surface area (TPSA) is 81.1 Å². The molecule has 0 saturated carbocycles. The van der Waals surface area contributed by atoms with Crippen LogP contribution in [0, 0.1) is 13.8 Å². The van der Waals surface area contributed by atoms with Gasteiger partial charge in [-0.3, -0.25) is 9.52 Å². The van der Waals surface area contributed by atoms with Crippen molar-refractivity contribution in [3.05, 3.63) is 76.1 Å². The van der Waals surface area contributed by atoms with Crippen LogP contribution in [0.3, 0.4) is 0 Å². The van der Waals surface area contributed by atoms with Gasteiger partial charge in [0, 0.05) is 24.4 Å². The molecule has 26 heavy (non-hydrogen) atoms. The van der Waals surface area contributed by atoms with Gasteiger partial charge >= 0.3 is 0 Å². The van der Waals surface area contributed by atoms with Gasteiger partial charge in [-0.15, -0.1) is 0 Å². The number of aromatic nitrogens is 2. The van der Waals surface area contributed by atoms with Gasteiger partial charge in [0.05, 0.1) is 10.6 Å². The zero-order valence-corrected chi connectivity index (χ0v) is 15.5. The molecule has 2 aromatic carbocycles. The van der Waals surface area contributed by atoms with E-state index in [9.17, 15) is 13.2 Å². The van der Waals surface area contributed by atoms with Crippen LogP contribution in [0.15, 0.2) is 64.3 Å². The summed E-state index contributed by atoms with van der Waals surface area (Å²) in [5.41, 5.74) is 3.26. The number of hydrogen-bond donors (Lipinski definition) is 1. The van der Waals surface area contributed by atoms with E-state index in [4.69, 9.17) is 0 Å². The van der Waals surface area contributed by atoms with Crippen LogP contribution in [0.1, 0.15) is 11.1 Å². The predicted molar refractivity (Wildman–Crippen MR) is 102 cm³/mol. The SMILES string of the molecule is Cc1ccc(C)c(S(=O)(=O)Nc2ccc(-c3ccc(=O)n(C)n3)cc2)c1. The number of sulfonamides is 1. The third-order valence-electron chi connectivity index (χ3n) is 4.03. The molecule has 0 spiro atoms. The molecular formula is C19H19N3O3S. The summed E-state index contributed by atoms with van der Waals surface area (Å²) in [5, 5.41) is 4.18. The lowest BCUT2D eigenvalue weighted by atomic mass is 10.1. The molecular weight excluding hydrogens is 350 g/mol. The van der Waals surface area contributed by atoms with Crippen LogP contribution in [-0.2, 0) is 17.1 Å². The summed E-state index contributed by atoms with van der Waals surface area (Å²) in [6.45, 7) is 3.62. The maximum atomic E-state index is 12.7. The van der Waals surface area contributed by atoms with E-state index in [0.717, 1.165) is 11.1 Å². The quantitative estimate of drug-likeness (QED) is 0.767. The summed E-state index contributed by atoms with van der Waals surface area (Å²) in [6, 6.07) is 15.3. The van der Waals surface area contributed by atoms with E-state index < -0.39 is 10.0 Å². The molecule has 6 nitrogen and oxygen atoms in total. The summed E-state index contributed by atoms with van der Waals surface area (Å²) in [6.07, 6.45) is 0. The van der Waals surface area contributed by atoms with Crippen molar-refractivity contribution in [3.8, 4) is 11.3 Å². The minimum absolute atomic E-state index is 0.188. The Balaban J connectivity index is 1.88. The molecule has 0 unspecified atom stereocenters. The highest BCUT2D eigenvalue weighted by atomic mass is 32.2. The van der Waals surface area contributed by atoms with E-state index in [1.165, 1.54) is 10.7 Å². The second kappa shape index (κ2) is 6.76. The van der Waals surface area contributed by atoms with Gasteiger partial charge < -0.3 is 0 Å². The van der Waals surface area contributed by atoms with Crippen LogP contribution in [0.2, 0.25) is 0 Å². The summed E-state index contributed by atoms with van der Waals surface area (Å²) < 4.78 is 29.2. The van der Waals surface area contributed by atoms with Gasteiger partial charge in [0.2, 0.25) is 0 Å². The molecule has 0 atom stereocenters. The lowest BCUT2D eigenvalue weighted by molar-refractivity contribution is 0.600. The molecule has 7 heteroatoms. The Hall–Kier alpha value is -2.93. The van der Waals surface area contributed by atoms with Crippen LogP contribution in [-0.4, -0.2) is 18.2 Å². The molecule has 0 radical (unpaired) electrons. The summed E-state index contributed by atoms with van der Waals surface area (Å²) in [4.78, 5) is 11.7. The first kappa shape index (κ1) is 17.9. The number of hydrogen-bond acceptors (Lipinski definition) is 4. The molecule has 0 amide bonds. The first-order chi connectivity index (χ1) is 12.3. The van der Waals surface area contributed by atoms with Gasteiger partial charge in [0.15, 0.2) is 0 Å². The Bertz CT molecular complexity index is 1120. The fourth-order valence-corrected chi connectivity index (χ4v) is 3.96. The number of nitrogens with zero attached hydrogens (tertiary/aromatic N) is 2. The van der Waals surface area contributed by atoms with Gasteiger partial charge in [0.1, 0.15) is 0 Å². The molecule has 0 aliphatic rings. The lowest BCUT2D eigenvalue weighted by Crippen LogP contribution is -2.18. The summed E-state index contributed by atoms with van der Waals surface area (Å²) in [7, 11) is -2.09. The number of aryl methyl sites for hydroxylation is 3. The van der Waals surface area contributed by atoms with E-state index in [1.807, 2.05) is 13.0 Å². The summed E-state index contributed by atoms with van der Waals surface area (Å²) >= 11 is 0. The fraction of sp³-hybridized carbons (Fsp3) is 0.158. The molecule has 0 aliphatic carbocycles. The fourth-order valence-electron chi connectivity index (χ4n) is 2.57. The van der Waals surface area contributed by atoms with Crippen molar-refractivity contribution in [2.45, 2.75) is 18.7 Å². The van der Waals surface area contributed by atoms with Crippen molar-refractivity contribution in [1.82, 2.24) is 9.78 Å². The van der Waals surface area contributed by atoms with Gasteiger partial charge in [-0.1, -0.05) is 24.3 Å². The molecule has 1 heterocycles. The number of rotatable bonds is 4. The van der Waals surface area contributed by atoms with Gasteiger partial charge in [-0.05, 0) is 49.2 Å². The number of nitrogens with one attached hydrogen (secondary N) is 1. The largest absolute Gasteiger partial charge is 0.280 e. The van der Waals surface area contributed by atoms with Crippen LogP contribution >= 0.6 is 0 Å². The first-order valence-electron chi connectivity index (χ1n) is 8.01. The van der Waals surface area contributed by atoms with Crippen molar-refractivity contribution in [2.75, 3.05) is 4.72 Å². The van der Waals surface area contributed by atoms with Crippen molar-refractivity contribution >= 4 is 15.7 Å². The van der Waals surface area contributed by atoms with E-state index in [0.29, 0.717) is 16.9 Å². The molecule has 134 valence electrons.